The van der Waals surface area contributed by atoms with Crippen molar-refractivity contribution in [3.63, 3.8) is 0 Å². The topological polar surface area (TPSA) is 51.1 Å². The van der Waals surface area contributed by atoms with Gasteiger partial charge in [0.2, 0.25) is 5.95 Å². The van der Waals surface area contributed by atoms with Crippen molar-refractivity contribution >= 4 is 5.95 Å². The van der Waals surface area contributed by atoms with Gasteiger partial charge in [-0.25, -0.2) is 4.98 Å². The zero-order valence-electron chi connectivity index (χ0n) is 15.2. The standard InChI is InChI=1S/C19H23F3N4O/c1-27-11-3-4-14-7-9-26(10-8-14)18-24-17(13-23-25-18)15-5-2-6-16(12-15)19(20,21)22/h2,5-6,12-14H,3-4,7-11H2,1H3. The summed E-state index contributed by atoms with van der Waals surface area (Å²) in [6.07, 6.45) is 1.30. The third-order valence-electron chi connectivity index (χ3n) is 4.89. The maximum absolute atomic E-state index is 12.9. The van der Waals surface area contributed by atoms with E-state index < -0.39 is 11.7 Å². The molecule has 146 valence electrons. The normalized spacial score (nSPS) is 15.9. The van der Waals surface area contributed by atoms with Crippen LogP contribution in [0.15, 0.2) is 30.5 Å². The summed E-state index contributed by atoms with van der Waals surface area (Å²) in [6.45, 7) is 2.43. The van der Waals surface area contributed by atoms with Crippen molar-refractivity contribution in [1.29, 1.82) is 0 Å². The first-order chi connectivity index (χ1) is 13.0. The van der Waals surface area contributed by atoms with Gasteiger partial charge < -0.3 is 9.64 Å². The van der Waals surface area contributed by atoms with Crippen LogP contribution < -0.4 is 4.90 Å². The Bertz CT molecular complexity index is 746. The average molecular weight is 380 g/mol. The number of hydrogen-bond donors (Lipinski definition) is 0. The zero-order valence-corrected chi connectivity index (χ0v) is 15.2. The molecule has 5 nitrogen and oxygen atoms in total. The molecule has 1 aliphatic heterocycles. The lowest BCUT2D eigenvalue weighted by atomic mass is 9.92. The summed E-state index contributed by atoms with van der Waals surface area (Å²) < 4.78 is 43.9. The first-order valence-corrected chi connectivity index (χ1v) is 9.08. The van der Waals surface area contributed by atoms with Gasteiger partial charge in [-0.15, -0.1) is 5.10 Å². The molecule has 3 rings (SSSR count). The van der Waals surface area contributed by atoms with Gasteiger partial charge in [0, 0.05) is 32.4 Å². The molecule has 1 aliphatic rings. The van der Waals surface area contributed by atoms with Gasteiger partial charge in [-0.1, -0.05) is 12.1 Å². The molecule has 0 spiro atoms. The van der Waals surface area contributed by atoms with Crippen LogP contribution in [0.25, 0.3) is 11.3 Å². The molecule has 2 aromatic rings. The summed E-state index contributed by atoms with van der Waals surface area (Å²) >= 11 is 0. The Balaban J connectivity index is 1.68. The zero-order chi connectivity index (χ0) is 19.3. The highest BCUT2D eigenvalue weighted by Crippen LogP contribution is 2.32. The molecule has 0 atom stereocenters. The highest BCUT2D eigenvalue weighted by Gasteiger charge is 2.30. The number of aromatic nitrogens is 3. The lowest BCUT2D eigenvalue weighted by Gasteiger charge is -2.31. The molecule has 1 aromatic carbocycles. The highest BCUT2D eigenvalue weighted by molar-refractivity contribution is 5.60. The second-order valence-electron chi connectivity index (χ2n) is 6.79. The van der Waals surface area contributed by atoms with Crippen molar-refractivity contribution < 1.29 is 17.9 Å². The minimum Gasteiger partial charge on any atom is -0.385 e. The SMILES string of the molecule is COCCCC1CCN(c2nncc(-c3cccc(C(F)(F)F)c3)n2)CC1. The lowest BCUT2D eigenvalue weighted by Crippen LogP contribution is -2.35. The Labute approximate surface area is 156 Å². The van der Waals surface area contributed by atoms with Crippen LogP contribution in [0.4, 0.5) is 19.1 Å². The van der Waals surface area contributed by atoms with Gasteiger partial charge in [0.1, 0.15) is 0 Å². The molecule has 8 heteroatoms. The molecule has 0 saturated carbocycles. The Morgan fingerprint density at radius 3 is 2.70 bits per heavy atom. The predicted octanol–water partition coefficient (Wildman–Crippen LogP) is 4.20. The van der Waals surface area contributed by atoms with Crippen LogP contribution in [-0.4, -0.2) is 42.0 Å². The van der Waals surface area contributed by atoms with E-state index in [1.165, 1.54) is 12.3 Å². The van der Waals surface area contributed by atoms with Gasteiger partial charge in [-0.05, 0) is 43.7 Å². The predicted molar refractivity (Wildman–Crippen MR) is 96.3 cm³/mol. The fourth-order valence-corrected chi connectivity index (χ4v) is 3.36. The van der Waals surface area contributed by atoms with E-state index in [-0.39, 0.29) is 0 Å². The number of nitrogens with zero attached hydrogens (tertiary/aromatic N) is 4. The van der Waals surface area contributed by atoms with Crippen LogP contribution in [0.1, 0.15) is 31.2 Å². The van der Waals surface area contributed by atoms with Crippen LogP contribution in [0.5, 0.6) is 0 Å². The van der Waals surface area contributed by atoms with Gasteiger partial charge in [0.15, 0.2) is 0 Å². The first-order valence-electron chi connectivity index (χ1n) is 9.08. The van der Waals surface area contributed by atoms with Crippen LogP contribution >= 0.6 is 0 Å². The van der Waals surface area contributed by atoms with Gasteiger partial charge in [0.05, 0.1) is 17.5 Å². The highest BCUT2D eigenvalue weighted by atomic mass is 19.4. The molecule has 0 N–H and O–H groups in total. The van der Waals surface area contributed by atoms with E-state index in [9.17, 15) is 13.2 Å². The number of anilines is 1. The van der Waals surface area contributed by atoms with E-state index in [1.807, 2.05) is 0 Å². The molecule has 0 radical (unpaired) electrons. The third kappa shape index (κ3) is 5.15. The third-order valence-corrected chi connectivity index (χ3v) is 4.89. The minimum atomic E-state index is -4.38. The molecule has 0 aliphatic carbocycles. The van der Waals surface area contributed by atoms with Crippen LogP contribution in [0.2, 0.25) is 0 Å². The second-order valence-corrected chi connectivity index (χ2v) is 6.79. The molecule has 0 amide bonds. The summed E-state index contributed by atoms with van der Waals surface area (Å²) in [5.41, 5.74) is 0.0841. The van der Waals surface area contributed by atoms with Crippen molar-refractivity contribution in [2.75, 3.05) is 31.7 Å². The van der Waals surface area contributed by atoms with Crippen molar-refractivity contribution in [2.24, 2.45) is 5.92 Å². The van der Waals surface area contributed by atoms with Gasteiger partial charge in [-0.3, -0.25) is 0 Å². The fourth-order valence-electron chi connectivity index (χ4n) is 3.36. The molecule has 27 heavy (non-hydrogen) atoms. The number of benzene rings is 1. The molecular formula is C19H23F3N4O. The maximum atomic E-state index is 12.9. The second kappa shape index (κ2) is 8.65. The Kier molecular flexibility index (Phi) is 6.26. The first kappa shape index (κ1) is 19.5. The van der Waals surface area contributed by atoms with Crippen molar-refractivity contribution in [1.82, 2.24) is 15.2 Å². The van der Waals surface area contributed by atoms with E-state index in [1.54, 1.807) is 13.2 Å². The van der Waals surface area contributed by atoms with Crippen molar-refractivity contribution in [3.8, 4) is 11.3 Å². The quantitative estimate of drug-likeness (QED) is 0.703. The smallest absolute Gasteiger partial charge is 0.385 e. The van der Waals surface area contributed by atoms with E-state index in [0.29, 0.717) is 23.1 Å². The molecule has 1 fully saturated rings. The molecule has 1 saturated heterocycles. The molecule has 0 bridgehead atoms. The lowest BCUT2D eigenvalue weighted by molar-refractivity contribution is -0.137. The summed E-state index contributed by atoms with van der Waals surface area (Å²) in [6, 6.07) is 5.12. The van der Waals surface area contributed by atoms with Crippen molar-refractivity contribution in [2.45, 2.75) is 31.9 Å². The maximum Gasteiger partial charge on any atom is 0.416 e. The van der Waals surface area contributed by atoms with Crippen LogP contribution in [-0.2, 0) is 10.9 Å². The molecule has 1 aromatic heterocycles. The Morgan fingerprint density at radius 1 is 1.22 bits per heavy atom. The summed E-state index contributed by atoms with van der Waals surface area (Å²) in [4.78, 5) is 6.51. The van der Waals surface area contributed by atoms with E-state index in [4.69, 9.17) is 4.74 Å². The molecular weight excluding hydrogens is 357 g/mol. The van der Waals surface area contributed by atoms with Gasteiger partial charge in [-0.2, -0.15) is 18.3 Å². The van der Waals surface area contributed by atoms with E-state index >= 15 is 0 Å². The Morgan fingerprint density at radius 2 is 2.00 bits per heavy atom. The number of ether oxygens (including phenoxy) is 1. The van der Waals surface area contributed by atoms with E-state index in [0.717, 1.165) is 57.5 Å². The summed E-state index contributed by atoms with van der Waals surface area (Å²) in [7, 11) is 1.71. The number of rotatable bonds is 6. The number of piperidine rings is 1. The van der Waals surface area contributed by atoms with Gasteiger partial charge >= 0.3 is 6.18 Å². The number of alkyl halides is 3. The number of halogens is 3. The largest absolute Gasteiger partial charge is 0.416 e. The summed E-state index contributed by atoms with van der Waals surface area (Å²) in [5.74, 6) is 1.14. The summed E-state index contributed by atoms with van der Waals surface area (Å²) in [5, 5.41) is 8.04. The van der Waals surface area contributed by atoms with Gasteiger partial charge in [0.25, 0.3) is 0 Å². The molecule has 2 heterocycles. The number of methoxy groups -OCH3 is 1. The molecule has 0 unspecified atom stereocenters. The monoisotopic (exact) mass is 380 g/mol. The van der Waals surface area contributed by atoms with Crippen molar-refractivity contribution in [3.05, 3.63) is 36.0 Å². The average Bonchev–Trinajstić information content (AvgIpc) is 2.68. The minimum absolute atomic E-state index is 0.385. The fraction of sp³-hybridized carbons (Fsp3) is 0.526. The number of hydrogen-bond acceptors (Lipinski definition) is 5. The van der Waals surface area contributed by atoms with Crippen LogP contribution in [0, 0.1) is 5.92 Å². The van der Waals surface area contributed by atoms with E-state index in [2.05, 4.69) is 20.1 Å². The van der Waals surface area contributed by atoms with Crippen LogP contribution in [0.3, 0.4) is 0 Å². The Hall–Kier alpha value is -2.22.